The summed E-state index contributed by atoms with van der Waals surface area (Å²) in [5.41, 5.74) is 2.80. The number of anilines is 1. The van der Waals surface area contributed by atoms with Crippen LogP contribution >= 0.6 is 0 Å². The van der Waals surface area contributed by atoms with Gasteiger partial charge in [-0.1, -0.05) is 30.3 Å². The van der Waals surface area contributed by atoms with E-state index in [2.05, 4.69) is 10.3 Å². The van der Waals surface area contributed by atoms with Gasteiger partial charge in [-0.05, 0) is 30.7 Å². The number of hydrogen-bond donors (Lipinski definition) is 1. The van der Waals surface area contributed by atoms with Gasteiger partial charge in [0, 0.05) is 18.8 Å². The average molecular weight is 279 g/mol. The molecule has 0 amide bonds. The first kappa shape index (κ1) is 13.4. The highest BCUT2D eigenvalue weighted by atomic mass is 16.1. The number of nitrogens with zero attached hydrogens (tertiary/aromatic N) is 2. The number of fused-ring (bicyclic) bond motifs is 1. The molecule has 3 rings (SSSR count). The Hall–Kier alpha value is -2.62. The van der Waals surface area contributed by atoms with Gasteiger partial charge in [0.1, 0.15) is 0 Å². The molecule has 21 heavy (non-hydrogen) atoms. The lowest BCUT2D eigenvalue weighted by Crippen LogP contribution is -2.21. The standard InChI is InChI=1S/C17H17N3O/c21-17-13-19-15-9-4-5-10-16(15)20(17)12-6-11-18-14-7-2-1-3-8-14/h1-5,7-10,13,18H,6,11-12H2. The molecule has 3 aromatic rings. The van der Waals surface area contributed by atoms with Crippen LogP contribution in [-0.4, -0.2) is 16.1 Å². The zero-order valence-corrected chi connectivity index (χ0v) is 11.7. The third kappa shape index (κ3) is 3.11. The first-order chi connectivity index (χ1) is 10.3. The Labute approximate surface area is 123 Å². The Bertz CT molecular complexity index is 781. The number of rotatable bonds is 5. The third-order valence-corrected chi connectivity index (χ3v) is 3.41. The van der Waals surface area contributed by atoms with Gasteiger partial charge in [-0.25, -0.2) is 4.98 Å². The minimum absolute atomic E-state index is 0.0478. The van der Waals surface area contributed by atoms with Crippen molar-refractivity contribution in [3.8, 4) is 0 Å². The molecule has 0 aliphatic heterocycles. The van der Waals surface area contributed by atoms with Gasteiger partial charge in [-0.3, -0.25) is 4.79 Å². The molecular formula is C17H17N3O. The van der Waals surface area contributed by atoms with Crippen LogP contribution in [0.2, 0.25) is 0 Å². The fourth-order valence-corrected chi connectivity index (χ4v) is 2.37. The minimum Gasteiger partial charge on any atom is -0.385 e. The molecule has 106 valence electrons. The highest BCUT2D eigenvalue weighted by Crippen LogP contribution is 2.09. The first-order valence-corrected chi connectivity index (χ1v) is 7.08. The smallest absolute Gasteiger partial charge is 0.269 e. The highest BCUT2D eigenvalue weighted by Gasteiger charge is 2.03. The quantitative estimate of drug-likeness (QED) is 0.730. The molecule has 0 spiro atoms. The van der Waals surface area contributed by atoms with Crippen LogP contribution in [0.5, 0.6) is 0 Å². The molecule has 0 unspecified atom stereocenters. The second kappa shape index (κ2) is 6.22. The predicted octanol–water partition coefficient (Wildman–Crippen LogP) is 2.90. The van der Waals surface area contributed by atoms with Crippen molar-refractivity contribution in [3.63, 3.8) is 0 Å². The lowest BCUT2D eigenvalue weighted by atomic mass is 10.3. The molecule has 1 N–H and O–H groups in total. The molecule has 0 saturated heterocycles. The maximum Gasteiger partial charge on any atom is 0.269 e. The van der Waals surface area contributed by atoms with Gasteiger partial charge in [0.15, 0.2) is 0 Å². The van der Waals surface area contributed by atoms with Crippen LogP contribution in [0, 0.1) is 0 Å². The fraction of sp³-hybridized carbons (Fsp3) is 0.176. The Morgan fingerprint density at radius 2 is 1.76 bits per heavy atom. The summed E-state index contributed by atoms with van der Waals surface area (Å²) >= 11 is 0. The Balaban J connectivity index is 1.68. The van der Waals surface area contributed by atoms with Gasteiger partial charge in [-0.2, -0.15) is 0 Å². The normalized spacial score (nSPS) is 10.7. The van der Waals surface area contributed by atoms with Gasteiger partial charge in [0.05, 0.1) is 17.2 Å². The van der Waals surface area contributed by atoms with E-state index in [9.17, 15) is 4.79 Å². The molecule has 0 aliphatic rings. The molecule has 4 nitrogen and oxygen atoms in total. The molecule has 0 bridgehead atoms. The molecule has 4 heteroatoms. The summed E-state index contributed by atoms with van der Waals surface area (Å²) in [6.07, 6.45) is 2.27. The van der Waals surface area contributed by atoms with Crippen LogP contribution in [0.15, 0.2) is 65.6 Å². The number of aryl methyl sites for hydroxylation is 1. The van der Waals surface area contributed by atoms with Gasteiger partial charge in [0.25, 0.3) is 5.56 Å². The second-order valence-electron chi connectivity index (χ2n) is 4.88. The fourth-order valence-electron chi connectivity index (χ4n) is 2.37. The van der Waals surface area contributed by atoms with Crippen LogP contribution in [0.4, 0.5) is 5.69 Å². The van der Waals surface area contributed by atoms with Crippen molar-refractivity contribution in [1.29, 1.82) is 0 Å². The second-order valence-corrected chi connectivity index (χ2v) is 4.88. The van der Waals surface area contributed by atoms with E-state index in [-0.39, 0.29) is 5.56 Å². The SMILES string of the molecule is O=c1cnc2ccccc2n1CCCNc1ccccc1. The third-order valence-electron chi connectivity index (χ3n) is 3.41. The summed E-state index contributed by atoms with van der Waals surface area (Å²) < 4.78 is 1.79. The number of hydrogen-bond acceptors (Lipinski definition) is 3. The van der Waals surface area contributed by atoms with Crippen LogP contribution in [0.1, 0.15) is 6.42 Å². The summed E-state index contributed by atoms with van der Waals surface area (Å²) in [5, 5.41) is 3.35. The van der Waals surface area contributed by atoms with Crippen LogP contribution < -0.4 is 10.9 Å². The van der Waals surface area contributed by atoms with E-state index in [1.165, 1.54) is 6.20 Å². The van der Waals surface area contributed by atoms with E-state index in [4.69, 9.17) is 0 Å². The van der Waals surface area contributed by atoms with Crippen molar-refractivity contribution in [2.45, 2.75) is 13.0 Å². The average Bonchev–Trinajstić information content (AvgIpc) is 2.54. The molecule has 0 saturated carbocycles. The van der Waals surface area contributed by atoms with Crippen LogP contribution in [-0.2, 0) is 6.54 Å². The van der Waals surface area contributed by atoms with E-state index < -0.39 is 0 Å². The van der Waals surface area contributed by atoms with E-state index in [0.717, 1.165) is 29.7 Å². The summed E-state index contributed by atoms with van der Waals surface area (Å²) in [4.78, 5) is 16.1. The molecule has 2 aromatic carbocycles. The van der Waals surface area contributed by atoms with E-state index in [1.807, 2.05) is 54.6 Å². The van der Waals surface area contributed by atoms with Gasteiger partial charge < -0.3 is 9.88 Å². The molecule has 0 radical (unpaired) electrons. The summed E-state index contributed by atoms with van der Waals surface area (Å²) in [6.45, 7) is 1.51. The zero-order chi connectivity index (χ0) is 14.5. The Kier molecular flexibility index (Phi) is 3.96. The summed E-state index contributed by atoms with van der Waals surface area (Å²) in [7, 11) is 0. The van der Waals surface area contributed by atoms with Crippen molar-refractivity contribution in [2.24, 2.45) is 0 Å². The van der Waals surface area contributed by atoms with E-state index in [0.29, 0.717) is 6.54 Å². The maximum atomic E-state index is 12.0. The monoisotopic (exact) mass is 279 g/mol. The molecular weight excluding hydrogens is 262 g/mol. The predicted molar refractivity (Wildman–Crippen MR) is 85.6 cm³/mol. The lowest BCUT2D eigenvalue weighted by molar-refractivity contribution is 0.657. The van der Waals surface area contributed by atoms with E-state index >= 15 is 0 Å². The highest BCUT2D eigenvalue weighted by molar-refractivity contribution is 5.74. The molecule has 1 aromatic heterocycles. The van der Waals surface area contributed by atoms with Gasteiger partial charge in [0.2, 0.25) is 0 Å². The molecule has 0 atom stereocenters. The molecule has 0 aliphatic carbocycles. The maximum absolute atomic E-state index is 12.0. The van der Waals surface area contributed by atoms with Crippen molar-refractivity contribution < 1.29 is 0 Å². The minimum atomic E-state index is -0.0478. The molecule has 1 heterocycles. The van der Waals surface area contributed by atoms with Crippen molar-refractivity contribution in [2.75, 3.05) is 11.9 Å². The number of nitrogens with one attached hydrogen (secondary N) is 1. The van der Waals surface area contributed by atoms with Gasteiger partial charge >= 0.3 is 0 Å². The molecule has 0 fully saturated rings. The first-order valence-electron chi connectivity index (χ1n) is 7.08. The number of para-hydroxylation sites is 3. The largest absolute Gasteiger partial charge is 0.385 e. The Morgan fingerprint density at radius 3 is 2.62 bits per heavy atom. The topological polar surface area (TPSA) is 46.9 Å². The van der Waals surface area contributed by atoms with Crippen molar-refractivity contribution >= 4 is 16.7 Å². The number of benzene rings is 2. The van der Waals surface area contributed by atoms with Crippen molar-refractivity contribution in [1.82, 2.24) is 9.55 Å². The van der Waals surface area contributed by atoms with Crippen molar-refractivity contribution in [3.05, 3.63) is 71.1 Å². The lowest BCUT2D eigenvalue weighted by Gasteiger charge is -2.10. The summed E-state index contributed by atoms with van der Waals surface area (Å²) in [5.74, 6) is 0. The Morgan fingerprint density at radius 1 is 1.00 bits per heavy atom. The van der Waals surface area contributed by atoms with E-state index in [1.54, 1.807) is 4.57 Å². The number of aromatic nitrogens is 2. The van der Waals surface area contributed by atoms with Gasteiger partial charge in [-0.15, -0.1) is 0 Å². The van der Waals surface area contributed by atoms with Crippen LogP contribution in [0.25, 0.3) is 11.0 Å². The zero-order valence-electron chi connectivity index (χ0n) is 11.7. The van der Waals surface area contributed by atoms with Crippen LogP contribution in [0.3, 0.4) is 0 Å². The summed E-state index contributed by atoms with van der Waals surface area (Å²) in [6, 6.07) is 17.8.